The summed E-state index contributed by atoms with van der Waals surface area (Å²) in [7, 11) is 0. The summed E-state index contributed by atoms with van der Waals surface area (Å²) in [4.78, 5) is 12.8. The van der Waals surface area contributed by atoms with E-state index in [0.717, 1.165) is 12.8 Å². The number of aryl methyl sites for hydroxylation is 1. The third-order valence-corrected chi connectivity index (χ3v) is 4.58. The fraction of sp³-hybridized carbons (Fsp3) is 0.333. The second-order valence-electron chi connectivity index (χ2n) is 6.20. The molecule has 0 amide bonds. The molecule has 5 heteroatoms. The topological polar surface area (TPSA) is 64.7 Å². The lowest BCUT2D eigenvalue weighted by Gasteiger charge is -2.09. The molecule has 4 rings (SSSR count). The first-order chi connectivity index (χ1) is 11.2. The number of nitrogens with zero attached hydrogens (tertiary/aromatic N) is 4. The minimum atomic E-state index is 0.435. The molecule has 0 saturated carbocycles. The van der Waals surface area contributed by atoms with Crippen LogP contribution in [0.15, 0.2) is 41.2 Å². The van der Waals surface area contributed by atoms with Crippen LogP contribution in [0, 0.1) is 6.92 Å². The first kappa shape index (κ1) is 14.1. The number of rotatable bonds is 3. The zero-order valence-electron chi connectivity index (χ0n) is 13.2. The van der Waals surface area contributed by atoms with Gasteiger partial charge in [0.1, 0.15) is 0 Å². The number of benzene rings is 1. The highest BCUT2D eigenvalue weighted by atomic mass is 16.5. The molecule has 0 aliphatic heterocycles. The average molecular weight is 306 g/mol. The Hall–Kier alpha value is -2.56. The van der Waals surface area contributed by atoms with Crippen molar-refractivity contribution < 1.29 is 4.52 Å². The van der Waals surface area contributed by atoms with Crippen LogP contribution < -0.4 is 0 Å². The van der Waals surface area contributed by atoms with E-state index in [1.165, 1.54) is 16.7 Å². The molecule has 2 atom stereocenters. The van der Waals surface area contributed by atoms with Gasteiger partial charge in [-0.1, -0.05) is 30.3 Å². The normalized spacial score (nSPS) is 19.7. The van der Waals surface area contributed by atoms with Crippen molar-refractivity contribution in [1.29, 1.82) is 0 Å². The van der Waals surface area contributed by atoms with Crippen molar-refractivity contribution in [3.8, 4) is 11.6 Å². The van der Waals surface area contributed by atoms with Crippen molar-refractivity contribution in [3.63, 3.8) is 0 Å². The molecule has 5 nitrogen and oxygen atoms in total. The molecule has 0 radical (unpaired) electrons. The molecule has 2 unspecified atom stereocenters. The molecule has 1 aliphatic rings. The summed E-state index contributed by atoms with van der Waals surface area (Å²) >= 11 is 0. The minimum absolute atomic E-state index is 0.435. The molecule has 1 aliphatic carbocycles. The van der Waals surface area contributed by atoms with Crippen LogP contribution in [0.1, 0.15) is 47.8 Å². The van der Waals surface area contributed by atoms with Crippen LogP contribution in [-0.4, -0.2) is 20.1 Å². The first-order valence-electron chi connectivity index (χ1n) is 7.91. The summed E-state index contributed by atoms with van der Waals surface area (Å²) in [5.74, 6) is 2.62. The number of aromatic nitrogens is 4. The van der Waals surface area contributed by atoms with Gasteiger partial charge in [0.05, 0.1) is 0 Å². The van der Waals surface area contributed by atoms with Crippen LogP contribution in [0.5, 0.6) is 0 Å². The van der Waals surface area contributed by atoms with Gasteiger partial charge < -0.3 is 4.52 Å². The summed E-state index contributed by atoms with van der Waals surface area (Å²) in [5, 5.41) is 4.01. The van der Waals surface area contributed by atoms with Crippen molar-refractivity contribution in [2.45, 2.75) is 38.5 Å². The SMILES string of the molecule is Cc1cccc2c1C(C)CC2Cc1nc(-c2ncccn2)no1. The Morgan fingerprint density at radius 3 is 2.78 bits per heavy atom. The van der Waals surface area contributed by atoms with Gasteiger partial charge in [0, 0.05) is 18.8 Å². The van der Waals surface area contributed by atoms with Gasteiger partial charge in [-0.15, -0.1) is 0 Å². The van der Waals surface area contributed by atoms with E-state index in [9.17, 15) is 0 Å². The molecule has 1 aromatic carbocycles. The molecule has 0 saturated heterocycles. The molecule has 116 valence electrons. The lowest BCUT2D eigenvalue weighted by molar-refractivity contribution is 0.367. The van der Waals surface area contributed by atoms with Crippen LogP contribution in [-0.2, 0) is 6.42 Å². The molecule has 3 aromatic rings. The van der Waals surface area contributed by atoms with Crippen LogP contribution in [0.4, 0.5) is 0 Å². The fourth-order valence-electron chi connectivity index (χ4n) is 3.65. The number of hydrogen-bond acceptors (Lipinski definition) is 5. The first-order valence-corrected chi connectivity index (χ1v) is 7.91. The summed E-state index contributed by atoms with van der Waals surface area (Å²) in [6, 6.07) is 8.32. The summed E-state index contributed by atoms with van der Waals surface area (Å²) in [6.07, 6.45) is 5.24. The second-order valence-corrected chi connectivity index (χ2v) is 6.20. The van der Waals surface area contributed by atoms with Gasteiger partial charge in [0.25, 0.3) is 0 Å². The zero-order valence-corrected chi connectivity index (χ0v) is 13.2. The lowest BCUT2D eigenvalue weighted by Crippen LogP contribution is -1.99. The molecular weight excluding hydrogens is 288 g/mol. The van der Waals surface area contributed by atoms with Crippen molar-refractivity contribution >= 4 is 0 Å². The second kappa shape index (κ2) is 5.57. The van der Waals surface area contributed by atoms with Crippen molar-refractivity contribution in [1.82, 2.24) is 20.1 Å². The monoisotopic (exact) mass is 306 g/mol. The van der Waals surface area contributed by atoms with E-state index < -0.39 is 0 Å². The fourth-order valence-corrected chi connectivity index (χ4v) is 3.65. The van der Waals surface area contributed by atoms with Gasteiger partial charge in [0.15, 0.2) is 0 Å². The summed E-state index contributed by atoms with van der Waals surface area (Å²) in [6.45, 7) is 4.48. The van der Waals surface area contributed by atoms with Gasteiger partial charge in [0.2, 0.25) is 17.5 Å². The highest BCUT2D eigenvalue weighted by Crippen LogP contribution is 2.44. The Morgan fingerprint density at radius 1 is 1.13 bits per heavy atom. The summed E-state index contributed by atoms with van der Waals surface area (Å²) in [5.41, 5.74) is 4.29. The predicted molar refractivity (Wildman–Crippen MR) is 86.0 cm³/mol. The van der Waals surface area contributed by atoms with Crippen molar-refractivity contribution in [3.05, 3.63) is 59.2 Å². The smallest absolute Gasteiger partial charge is 0.240 e. The molecule has 0 bridgehead atoms. The van der Waals surface area contributed by atoms with E-state index in [-0.39, 0.29) is 0 Å². The van der Waals surface area contributed by atoms with Crippen molar-refractivity contribution in [2.75, 3.05) is 0 Å². The van der Waals surface area contributed by atoms with Crippen LogP contribution in [0.3, 0.4) is 0 Å². The molecule has 0 fully saturated rings. The molecule has 23 heavy (non-hydrogen) atoms. The Kier molecular flexibility index (Phi) is 3.41. The Labute approximate surface area is 134 Å². The van der Waals surface area contributed by atoms with Crippen LogP contribution >= 0.6 is 0 Å². The maximum Gasteiger partial charge on any atom is 0.240 e. The maximum atomic E-state index is 5.42. The lowest BCUT2D eigenvalue weighted by atomic mass is 9.96. The van der Waals surface area contributed by atoms with Gasteiger partial charge in [-0.2, -0.15) is 4.98 Å². The van der Waals surface area contributed by atoms with Gasteiger partial charge in [-0.25, -0.2) is 9.97 Å². The van der Waals surface area contributed by atoms with Gasteiger partial charge >= 0.3 is 0 Å². The van der Waals surface area contributed by atoms with E-state index >= 15 is 0 Å². The highest BCUT2D eigenvalue weighted by molar-refractivity contribution is 5.44. The van der Waals surface area contributed by atoms with Gasteiger partial charge in [-0.05, 0) is 47.9 Å². The molecule has 0 spiro atoms. The van der Waals surface area contributed by atoms with Crippen LogP contribution in [0.25, 0.3) is 11.6 Å². The van der Waals surface area contributed by atoms with E-state index in [2.05, 4.69) is 52.2 Å². The van der Waals surface area contributed by atoms with E-state index in [1.807, 2.05) is 0 Å². The molecule has 2 aromatic heterocycles. The maximum absolute atomic E-state index is 5.42. The van der Waals surface area contributed by atoms with E-state index in [1.54, 1.807) is 18.5 Å². The zero-order chi connectivity index (χ0) is 15.8. The average Bonchev–Trinajstić information content (AvgIpc) is 3.15. The summed E-state index contributed by atoms with van der Waals surface area (Å²) < 4.78 is 5.42. The Bertz CT molecular complexity index is 828. The molecule has 2 heterocycles. The Balaban J connectivity index is 1.59. The van der Waals surface area contributed by atoms with Crippen LogP contribution in [0.2, 0.25) is 0 Å². The number of fused-ring (bicyclic) bond motifs is 1. The number of hydrogen-bond donors (Lipinski definition) is 0. The van der Waals surface area contributed by atoms with E-state index in [0.29, 0.717) is 29.4 Å². The van der Waals surface area contributed by atoms with Gasteiger partial charge in [-0.3, -0.25) is 0 Å². The third kappa shape index (κ3) is 2.52. The third-order valence-electron chi connectivity index (χ3n) is 4.58. The molecular formula is C18H18N4O. The van der Waals surface area contributed by atoms with E-state index in [4.69, 9.17) is 4.52 Å². The van der Waals surface area contributed by atoms with Crippen molar-refractivity contribution in [2.24, 2.45) is 0 Å². The Morgan fingerprint density at radius 2 is 1.96 bits per heavy atom. The predicted octanol–water partition coefficient (Wildman–Crippen LogP) is 3.67. The largest absolute Gasteiger partial charge is 0.339 e. The minimum Gasteiger partial charge on any atom is -0.339 e. The molecule has 0 N–H and O–H groups in total. The highest BCUT2D eigenvalue weighted by Gasteiger charge is 2.30. The standard InChI is InChI=1S/C18H18N4O/c1-11-5-3-6-14-13(9-12(2)16(11)14)10-15-21-18(22-23-15)17-19-7-4-8-20-17/h3-8,12-13H,9-10H2,1-2H3. The quantitative estimate of drug-likeness (QED) is 0.738.